The van der Waals surface area contributed by atoms with E-state index in [2.05, 4.69) is 20.4 Å². The Morgan fingerprint density at radius 1 is 1.30 bits per heavy atom. The van der Waals surface area contributed by atoms with Crippen molar-refractivity contribution in [1.29, 1.82) is 0 Å². The topological polar surface area (TPSA) is 46.5 Å². The van der Waals surface area contributed by atoms with Gasteiger partial charge in [0, 0.05) is 11.3 Å². The van der Waals surface area contributed by atoms with E-state index in [0.717, 1.165) is 57.8 Å². The zero-order valence-corrected chi connectivity index (χ0v) is 14.6. The van der Waals surface area contributed by atoms with Gasteiger partial charge in [0.25, 0.3) is 0 Å². The highest BCUT2D eigenvalue weighted by molar-refractivity contribution is 5.80. The Morgan fingerprint density at radius 2 is 2.09 bits per heavy atom. The summed E-state index contributed by atoms with van der Waals surface area (Å²) in [5.41, 5.74) is 0.776. The summed E-state index contributed by atoms with van der Waals surface area (Å²) in [6.07, 6.45) is 8.93. The second-order valence-corrected chi connectivity index (χ2v) is 9.26. The van der Waals surface area contributed by atoms with Crippen LogP contribution < -0.4 is 0 Å². The van der Waals surface area contributed by atoms with Gasteiger partial charge in [0.05, 0.1) is 11.5 Å². The van der Waals surface area contributed by atoms with Gasteiger partial charge in [0.1, 0.15) is 5.60 Å². The first-order chi connectivity index (χ1) is 10.8. The second-order valence-electron chi connectivity index (χ2n) is 9.26. The maximum absolute atomic E-state index is 12.4. The fourth-order valence-corrected chi connectivity index (χ4v) is 6.47. The molecule has 1 N–H and O–H groups in total. The molecule has 0 amide bonds. The molecule has 0 radical (unpaired) electrons. The molecule has 3 saturated carbocycles. The molecule has 6 atom stereocenters. The molecule has 23 heavy (non-hydrogen) atoms. The van der Waals surface area contributed by atoms with E-state index in [-0.39, 0.29) is 28.5 Å². The molecule has 0 unspecified atom stereocenters. The molecule has 1 saturated heterocycles. The number of fused-ring (bicyclic) bond motifs is 4. The van der Waals surface area contributed by atoms with Gasteiger partial charge < -0.3 is 9.84 Å². The van der Waals surface area contributed by atoms with Crippen LogP contribution in [0, 0.1) is 22.7 Å². The minimum absolute atomic E-state index is 0.0119. The van der Waals surface area contributed by atoms with Gasteiger partial charge in [0.2, 0.25) is 0 Å². The van der Waals surface area contributed by atoms with Crippen molar-refractivity contribution in [2.45, 2.75) is 83.3 Å². The van der Waals surface area contributed by atoms with E-state index in [1.807, 2.05) is 0 Å². The van der Waals surface area contributed by atoms with Crippen molar-refractivity contribution < 1.29 is 14.6 Å². The summed E-state index contributed by atoms with van der Waals surface area (Å²) in [4.78, 5) is 12.4. The lowest BCUT2D eigenvalue weighted by molar-refractivity contribution is -0.151. The molecular formula is C20H30O3. The number of hydrogen-bond donors (Lipinski definition) is 1. The van der Waals surface area contributed by atoms with Gasteiger partial charge in [-0.2, -0.15) is 0 Å². The summed E-state index contributed by atoms with van der Waals surface area (Å²) in [5, 5.41) is 10.7. The Bertz CT molecular complexity index is 555. The molecule has 3 heteroatoms. The normalized spacial score (nSPS) is 51.9. The van der Waals surface area contributed by atoms with Crippen LogP contribution in [0.5, 0.6) is 0 Å². The van der Waals surface area contributed by atoms with Crippen LogP contribution in [0.2, 0.25) is 0 Å². The van der Waals surface area contributed by atoms with E-state index in [0.29, 0.717) is 11.8 Å². The highest BCUT2D eigenvalue weighted by atomic mass is 16.6. The minimum Gasteiger partial charge on any atom is -0.459 e. The lowest BCUT2D eigenvalue weighted by Crippen LogP contribution is -2.44. The molecule has 4 bridgehead atoms. The monoisotopic (exact) mass is 318 g/mol. The molecule has 0 aromatic rings. The first kappa shape index (κ1) is 15.7. The Kier molecular flexibility index (Phi) is 3.30. The van der Waals surface area contributed by atoms with Gasteiger partial charge in [-0.1, -0.05) is 12.2 Å². The summed E-state index contributed by atoms with van der Waals surface area (Å²) in [7, 11) is 0. The maximum atomic E-state index is 12.4. The number of ether oxygens (including phenoxy) is 1. The summed E-state index contributed by atoms with van der Waals surface area (Å²) < 4.78 is 5.83. The highest BCUT2D eigenvalue weighted by Crippen LogP contribution is 2.60. The lowest BCUT2D eigenvalue weighted by Gasteiger charge is -2.43. The quantitative estimate of drug-likeness (QED) is 0.632. The maximum Gasteiger partial charge on any atom is 0.312 e. The molecule has 3 nitrogen and oxygen atoms in total. The minimum atomic E-state index is -0.307. The van der Waals surface area contributed by atoms with Gasteiger partial charge >= 0.3 is 5.97 Å². The fraction of sp³-hybridized carbons (Fsp3) is 0.850. The fourth-order valence-electron chi connectivity index (χ4n) is 6.47. The number of rotatable bonds is 3. The van der Waals surface area contributed by atoms with Gasteiger partial charge in [-0.3, -0.25) is 4.79 Å². The van der Waals surface area contributed by atoms with E-state index >= 15 is 0 Å². The van der Waals surface area contributed by atoms with Crippen LogP contribution in [0.25, 0.3) is 0 Å². The van der Waals surface area contributed by atoms with Gasteiger partial charge in [-0.25, -0.2) is 0 Å². The van der Waals surface area contributed by atoms with Crippen LogP contribution in [0.15, 0.2) is 12.2 Å². The largest absolute Gasteiger partial charge is 0.459 e. The van der Waals surface area contributed by atoms with Crippen LogP contribution >= 0.6 is 0 Å². The van der Waals surface area contributed by atoms with E-state index in [1.165, 1.54) is 5.57 Å². The summed E-state index contributed by atoms with van der Waals surface area (Å²) in [6, 6.07) is 0. The van der Waals surface area contributed by atoms with Crippen molar-refractivity contribution in [2.75, 3.05) is 0 Å². The second kappa shape index (κ2) is 4.84. The third kappa shape index (κ3) is 2.08. The third-order valence-electron chi connectivity index (χ3n) is 7.90. The Balaban J connectivity index is 1.55. The van der Waals surface area contributed by atoms with Crippen molar-refractivity contribution >= 4 is 5.97 Å². The smallest absolute Gasteiger partial charge is 0.312 e. The van der Waals surface area contributed by atoms with Crippen LogP contribution in [0.1, 0.15) is 71.6 Å². The van der Waals surface area contributed by atoms with Crippen molar-refractivity contribution in [3.63, 3.8) is 0 Å². The number of aliphatic hydroxyl groups excluding tert-OH is 1. The molecule has 1 aliphatic heterocycles. The van der Waals surface area contributed by atoms with Crippen molar-refractivity contribution in [1.82, 2.24) is 0 Å². The lowest BCUT2D eigenvalue weighted by atomic mass is 9.59. The Hall–Kier alpha value is -0.830. The average Bonchev–Trinajstić information content (AvgIpc) is 2.80. The van der Waals surface area contributed by atoms with Gasteiger partial charge in [-0.15, -0.1) is 0 Å². The van der Waals surface area contributed by atoms with Crippen molar-refractivity contribution in [3.8, 4) is 0 Å². The zero-order valence-electron chi connectivity index (χ0n) is 14.6. The Labute approximate surface area is 139 Å². The molecule has 4 fully saturated rings. The van der Waals surface area contributed by atoms with E-state index in [9.17, 15) is 9.90 Å². The highest BCUT2D eigenvalue weighted by Gasteiger charge is 2.62. The zero-order chi connectivity index (χ0) is 16.5. The summed E-state index contributed by atoms with van der Waals surface area (Å²) >= 11 is 0. The molecule has 4 rings (SSSR count). The Morgan fingerprint density at radius 3 is 2.83 bits per heavy atom. The number of allylic oxidation sites excluding steroid dienone is 1. The van der Waals surface area contributed by atoms with E-state index < -0.39 is 0 Å². The molecule has 128 valence electrons. The number of carbonyl (C=O) groups excluding carboxylic acids is 1. The number of esters is 1. The van der Waals surface area contributed by atoms with Crippen LogP contribution in [-0.4, -0.2) is 22.8 Å². The molecule has 4 aliphatic rings. The van der Waals surface area contributed by atoms with E-state index in [1.54, 1.807) is 0 Å². The molecule has 0 aromatic carbocycles. The first-order valence-electron chi connectivity index (χ1n) is 9.38. The standard InChI is InChI=1S/C20H30O3/c1-13-11-20(12-14(13)5-6-16(20)21)10-7-15-18(2)8-4-9-19(15,3)23-17(18)22/h14-16,21H,1,4-12H2,2-3H3/t14-,15-,16-,18+,19-,20-/m0/s1. The summed E-state index contributed by atoms with van der Waals surface area (Å²) in [6.45, 7) is 8.50. The average molecular weight is 318 g/mol. The van der Waals surface area contributed by atoms with Crippen LogP contribution in [0.3, 0.4) is 0 Å². The van der Waals surface area contributed by atoms with Crippen molar-refractivity contribution in [3.05, 3.63) is 12.2 Å². The number of hydrogen-bond acceptors (Lipinski definition) is 3. The van der Waals surface area contributed by atoms with Crippen LogP contribution in [0.4, 0.5) is 0 Å². The summed E-state index contributed by atoms with van der Waals surface area (Å²) in [5.74, 6) is 0.926. The molecule has 1 heterocycles. The molecule has 0 aromatic heterocycles. The number of aliphatic hydroxyl groups is 1. The SMILES string of the molecule is C=C1C[C@@]2(CC[C@H]3[C@@]4(C)CCC[C@]3(C)OC4=O)C[C@@H]1CC[C@@H]2O. The first-order valence-corrected chi connectivity index (χ1v) is 9.38. The molecular weight excluding hydrogens is 288 g/mol. The van der Waals surface area contributed by atoms with Gasteiger partial charge in [0.15, 0.2) is 0 Å². The predicted octanol–water partition coefficient (Wildman–Crippen LogP) is 4.00. The third-order valence-corrected chi connectivity index (χ3v) is 7.90. The van der Waals surface area contributed by atoms with Crippen LogP contribution in [-0.2, 0) is 9.53 Å². The van der Waals surface area contributed by atoms with Gasteiger partial charge in [-0.05, 0) is 77.6 Å². The molecule has 3 aliphatic carbocycles. The number of carbonyl (C=O) groups is 1. The van der Waals surface area contributed by atoms with Crippen molar-refractivity contribution in [2.24, 2.45) is 22.7 Å². The predicted molar refractivity (Wildman–Crippen MR) is 88.7 cm³/mol. The van der Waals surface area contributed by atoms with E-state index in [4.69, 9.17) is 4.74 Å². The molecule has 0 spiro atoms.